The highest BCUT2D eigenvalue weighted by atomic mass is 32.2. The highest BCUT2D eigenvalue weighted by Crippen LogP contribution is 2.28. The van der Waals surface area contributed by atoms with E-state index in [2.05, 4.69) is 4.98 Å². The number of hydrogen-bond acceptors (Lipinski definition) is 3. The van der Waals surface area contributed by atoms with Crippen LogP contribution in [0.25, 0.3) is 5.69 Å². The van der Waals surface area contributed by atoms with Gasteiger partial charge in [-0.3, -0.25) is 9.36 Å². The minimum Gasteiger partial charge on any atom is -0.296 e. The number of carbonyl (C=O) groups is 1. The van der Waals surface area contributed by atoms with E-state index in [0.29, 0.717) is 18.0 Å². The van der Waals surface area contributed by atoms with Gasteiger partial charge in [-0.15, -0.1) is 0 Å². The van der Waals surface area contributed by atoms with E-state index < -0.39 is 28.8 Å². The van der Waals surface area contributed by atoms with Crippen LogP contribution in [0, 0.1) is 23.3 Å². The van der Waals surface area contributed by atoms with Crippen molar-refractivity contribution >= 4 is 18.0 Å². The highest BCUT2D eigenvalue weighted by molar-refractivity contribution is 7.98. The lowest BCUT2D eigenvalue weighted by atomic mass is 10.2. The van der Waals surface area contributed by atoms with Crippen LogP contribution in [-0.2, 0) is 5.75 Å². The van der Waals surface area contributed by atoms with Crippen molar-refractivity contribution in [2.75, 3.05) is 0 Å². The number of carbonyl (C=O) groups excluding carboxylic acids is 1. The Morgan fingerprint density at radius 3 is 2.36 bits per heavy atom. The zero-order valence-corrected chi connectivity index (χ0v) is 13.4. The maximum Gasteiger partial charge on any atom is 0.173 e. The molecule has 0 saturated heterocycles. The molecule has 3 rings (SSSR count). The fraction of sp³-hybridized carbons (Fsp3) is 0.0588. The molecule has 0 aliphatic carbocycles. The number of hydrogen-bond donors (Lipinski definition) is 0. The number of benzene rings is 2. The van der Waals surface area contributed by atoms with Gasteiger partial charge in [0.05, 0.1) is 6.20 Å². The van der Waals surface area contributed by atoms with E-state index in [1.807, 2.05) is 0 Å². The molecular weight excluding hydrogens is 356 g/mol. The standard InChI is InChI=1S/C17H10F4N2OS/c18-10-1-3-11(4-2-10)23-12(8-24)7-22-17(23)25-9-13-14(19)5-6-15(20)16(13)21/h1-8H,9H2. The van der Waals surface area contributed by atoms with Crippen LogP contribution in [0.2, 0.25) is 0 Å². The summed E-state index contributed by atoms with van der Waals surface area (Å²) >= 11 is 0.925. The van der Waals surface area contributed by atoms with Crippen LogP contribution in [0.4, 0.5) is 17.6 Å². The number of nitrogens with zero attached hydrogens (tertiary/aromatic N) is 2. The highest BCUT2D eigenvalue weighted by Gasteiger charge is 2.17. The third-order valence-corrected chi connectivity index (χ3v) is 4.43. The van der Waals surface area contributed by atoms with Crippen molar-refractivity contribution in [2.24, 2.45) is 0 Å². The van der Waals surface area contributed by atoms with Crippen LogP contribution in [0.3, 0.4) is 0 Å². The van der Waals surface area contributed by atoms with Gasteiger partial charge in [-0.05, 0) is 36.4 Å². The molecule has 0 atom stereocenters. The van der Waals surface area contributed by atoms with E-state index >= 15 is 0 Å². The number of imidazole rings is 1. The lowest BCUT2D eigenvalue weighted by Gasteiger charge is -2.10. The second-order valence-corrected chi connectivity index (χ2v) is 5.95. The molecule has 0 bridgehead atoms. The van der Waals surface area contributed by atoms with Gasteiger partial charge in [-0.25, -0.2) is 22.5 Å². The van der Waals surface area contributed by atoms with Gasteiger partial charge in [0.2, 0.25) is 0 Å². The zero-order chi connectivity index (χ0) is 18.0. The van der Waals surface area contributed by atoms with Crippen molar-refractivity contribution in [1.82, 2.24) is 9.55 Å². The molecule has 0 fully saturated rings. The first-order valence-corrected chi connectivity index (χ1v) is 8.04. The molecule has 0 N–H and O–H groups in total. The number of aldehydes is 1. The van der Waals surface area contributed by atoms with Crippen molar-refractivity contribution in [1.29, 1.82) is 0 Å². The average molecular weight is 366 g/mol. The summed E-state index contributed by atoms with van der Waals surface area (Å²) in [5, 5.41) is 0.261. The smallest absolute Gasteiger partial charge is 0.173 e. The fourth-order valence-electron chi connectivity index (χ4n) is 2.22. The molecular formula is C17H10F4N2OS. The normalized spacial score (nSPS) is 10.9. The summed E-state index contributed by atoms with van der Waals surface area (Å²) in [6.07, 6.45) is 1.85. The molecule has 8 heteroatoms. The molecule has 0 spiro atoms. The van der Waals surface area contributed by atoms with Crippen molar-refractivity contribution in [3.63, 3.8) is 0 Å². The van der Waals surface area contributed by atoms with Crippen molar-refractivity contribution in [3.8, 4) is 5.69 Å². The lowest BCUT2D eigenvalue weighted by molar-refractivity contribution is 0.111. The first-order valence-electron chi connectivity index (χ1n) is 7.05. The van der Waals surface area contributed by atoms with Crippen molar-refractivity contribution < 1.29 is 22.4 Å². The lowest BCUT2D eigenvalue weighted by Crippen LogP contribution is -2.02. The first kappa shape index (κ1) is 17.2. The van der Waals surface area contributed by atoms with E-state index in [-0.39, 0.29) is 16.6 Å². The Labute approximate surface area is 144 Å². The van der Waals surface area contributed by atoms with Gasteiger partial charge in [0.25, 0.3) is 0 Å². The van der Waals surface area contributed by atoms with E-state index in [9.17, 15) is 22.4 Å². The Balaban J connectivity index is 1.94. The second-order valence-electron chi connectivity index (χ2n) is 5.01. The quantitative estimate of drug-likeness (QED) is 0.288. The Morgan fingerprint density at radius 1 is 1.00 bits per heavy atom. The average Bonchev–Trinajstić information content (AvgIpc) is 3.02. The van der Waals surface area contributed by atoms with Crippen LogP contribution in [0.1, 0.15) is 16.1 Å². The Hall–Kier alpha value is -2.61. The van der Waals surface area contributed by atoms with E-state index in [0.717, 1.165) is 17.8 Å². The molecule has 0 radical (unpaired) electrons. The predicted molar refractivity (Wildman–Crippen MR) is 84.8 cm³/mol. The van der Waals surface area contributed by atoms with Crippen LogP contribution in [0.15, 0.2) is 47.8 Å². The fourth-order valence-corrected chi connectivity index (χ4v) is 3.23. The molecule has 2 aromatic carbocycles. The Kier molecular flexibility index (Phi) is 4.89. The molecule has 25 heavy (non-hydrogen) atoms. The third-order valence-electron chi connectivity index (χ3n) is 3.45. The van der Waals surface area contributed by atoms with E-state index in [1.165, 1.54) is 35.0 Å². The summed E-state index contributed by atoms with van der Waals surface area (Å²) < 4.78 is 55.3. The predicted octanol–water partition coefficient (Wildman–Crippen LogP) is 4.53. The molecule has 3 aromatic rings. The third kappa shape index (κ3) is 3.43. The largest absolute Gasteiger partial charge is 0.296 e. The van der Waals surface area contributed by atoms with Crippen molar-refractivity contribution in [2.45, 2.75) is 10.9 Å². The summed E-state index contributed by atoms with van der Waals surface area (Å²) in [6, 6.07) is 6.86. The van der Waals surface area contributed by atoms with Gasteiger partial charge in [0.15, 0.2) is 23.1 Å². The molecule has 3 nitrogen and oxygen atoms in total. The SMILES string of the molecule is O=Cc1cnc(SCc2c(F)ccc(F)c2F)n1-c1ccc(F)cc1. The molecule has 128 valence electrons. The van der Waals surface area contributed by atoms with E-state index in [4.69, 9.17) is 0 Å². The zero-order valence-electron chi connectivity index (χ0n) is 12.5. The van der Waals surface area contributed by atoms with Gasteiger partial charge in [-0.1, -0.05) is 11.8 Å². The van der Waals surface area contributed by atoms with Crippen LogP contribution >= 0.6 is 11.8 Å². The van der Waals surface area contributed by atoms with Gasteiger partial charge in [0.1, 0.15) is 17.3 Å². The molecule has 0 amide bonds. The minimum absolute atomic E-state index is 0.189. The number of thioether (sulfide) groups is 1. The van der Waals surface area contributed by atoms with Gasteiger partial charge in [0, 0.05) is 17.0 Å². The number of halogens is 4. The van der Waals surface area contributed by atoms with Gasteiger partial charge < -0.3 is 0 Å². The maximum atomic E-state index is 13.8. The summed E-state index contributed by atoms with van der Waals surface area (Å²) in [5.74, 6) is -3.96. The summed E-state index contributed by atoms with van der Waals surface area (Å²) in [7, 11) is 0. The molecule has 1 aromatic heterocycles. The monoisotopic (exact) mass is 366 g/mol. The van der Waals surface area contributed by atoms with Crippen LogP contribution in [0.5, 0.6) is 0 Å². The van der Waals surface area contributed by atoms with E-state index in [1.54, 1.807) is 0 Å². The minimum atomic E-state index is -1.26. The van der Waals surface area contributed by atoms with Gasteiger partial charge in [-0.2, -0.15) is 0 Å². The summed E-state index contributed by atoms with van der Waals surface area (Å²) in [6.45, 7) is 0. The summed E-state index contributed by atoms with van der Waals surface area (Å²) in [5.41, 5.74) is 0.226. The number of rotatable bonds is 5. The second kappa shape index (κ2) is 7.10. The molecule has 0 aliphatic heterocycles. The summed E-state index contributed by atoms with van der Waals surface area (Å²) in [4.78, 5) is 15.2. The molecule has 1 heterocycles. The Bertz CT molecular complexity index is 925. The maximum absolute atomic E-state index is 13.8. The molecule has 0 aliphatic rings. The first-order chi connectivity index (χ1) is 12.0. The molecule has 0 saturated carbocycles. The Morgan fingerprint density at radius 2 is 1.68 bits per heavy atom. The van der Waals surface area contributed by atoms with Crippen LogP contribution < -0.4 is 0 Å². The topological polar surface area (TPSA) is 34.9 Å². The van der Waals surface area contributed by atoms with Crippen molar-refractivity contribution in [3.05, 3.63) is 77.1 Å². The van der Waals surface area contributed by atoms with Crippen LogP contribution in [-0.4, -0.2) is 15.8 Å². The number of aromatic nitrogens is 2. The molecule has 0 unspecified atom stereocenters. The van der Waals surface area contributed by atoms with Gasteiger partial charge >= 0.3 is 0 Å².